The third-order valence-corrected chi connectivity index (χ3v) is 8.93. The molecule has 0 aliphatic carbocycles. The molecule has 11 heteroatoms. The number of sulfone groups is 1. The van der Waals surface area contributed by atoms with Crippen LogP contribution in [0.1, 0.15) is 24.9 Å². The number of amides is 1. The number of nitrogens with two attached hydrogens (primary N) is 1. The maximum absolute atomic E-state index is 12.4. The normalized spacial score (nSPS) is 23.6. The first-order valence-corrected chi connectivity index (χ1v) is 10.1. The lowest BCUT2D eigenvalue weighted by Gasteiger charge is -2.33. The van der Waals surface area contributed by atoms with E-state index in [-0.39, 0.29) is 20.4 Å². The Morgan fingerprint density at radius 2 is 2.09 bits per heavy atom. The SMILES string of the molecule is COC(=O)N(C)[C@H]1C[C@H](C)S(=O)(=O)c2sc(S(N)(=O)=O)cc21. The summed E-state index contributed by atoms with van der Waals surface area (Å²) < 4.78 is 52.1. The summed E-state index contributed by atoms with van der Waals surface area (Å²) in [6.07, 6.45) is -0.479. The molecule has 0 aromatic carbocycles. The highest BCUT2D eigenvalue weighted by molar-refractivity contribution is 7.95. The van der Waals surface area contributed by atoms with Crippen molar-refractivity contribution in [2.45, 2.75) is 33.1 Å². The van der Waals surface area contributed by atoms with E-state index in [4.69, 9.17) is 5.14 Å². The first-order valence-electron chi connectivity index (χ1n) is 6.21. The lowest BCUT2D eigenvalue weighted by molar-refractivity contribution is 0.114. The van der Waals surface area contributed by atoms with Crippen LogP contribution in [-0.4, -0.2) is 47.2 Å². The van der Waals surface area contributed by atoms with Crippen molar-refractivity contribution in [3.8, 4) is 0 Å². The maximum Gasteiger partial charge on any atom is 0.409 e. The first kappa shape index (κ1) is 17.2. The van der Waals surface area contributed by atoms with Crippen molar-refractivity contribution >= 4 is 37.3 Å². The van der Waals surface area contributed by atoms with E-state index in [2.05, 4.69) is 4.74 Å². The van der Waals surface area contributed by atoms with Crippen molar-refractivity contribution in [2.24, 2.45) is 5.14 Å². The summed E-state index contributed by atoms with van der Waals surface area (Å²) in [5, 5.41) is 4.34. The van der Waals surface area contributed by atoms with Crippen LogP contribution in [0.5, 0.6) is 0 Å². The minimum absolute atomic E-state index is 0.0592. The molecule has 0 spiro atoms. The van der Waals surface area contributed by atoms with Crippen molar-refractivity contribution in [3.05, 3.63) is 11.6 Å². The van der Waals surface area contributed by atoms with Gasteiger partial charge >= 0.3 is 6.09 Å². The predicted octanol–water partition coefficient (Wildman–Crippen LogP) is 0.701. The molecule has 1 aromatic rings. The van der Waals surface area contributed by atoms with Crippen molar-refractivity contribution in [1.82, 2.24) is 4.90 Å². The van der Waals surface area contributed by atoms with Gasteiger partial charge in [-0.25, -0.2) is 26.8 Å². The van der Waals surface area contributed by atoms with Gasteiger partial charge in [-0.3, -0.25) is 0 Å². The fourth-order valence-electron chi connectivity index (χ4n) is 2.35. The molecule has 1 aliphatic rings. The van der Waals surface area contributed by atoms with Crippen LogP contribution in [0.4, 0.5) is 4.79 Å². The van der Waals surface area contributed by atoms with Crippen LogP contribution in [0.15, 0.2) is 14.5 Å². The van der Waals surface area contributed by atoms with Gasteiger partial charge in [-0.2, -0.15) is 0 Å². The van der Waals surface area contributed by atoms with Crippen molar-refractivity contribution in [3.63, 3.8) is 0 Å². The molecule has 0 unspecified atom stereocenters. The third kappa shape index (κ3) is 2.73. The number of ether oxygens (including phenoxy) is 1. The number of nitrogens with zero attached hydrogens (tertiary/aromatic N) is 1. The second-order valence-electron chi connectivity index (χ2n) is 5.04. The van der Waals surface area contributed by atoms with Crippen LogP contribution in [-0.2, 0) is 24.6 Å². The summed E-state index contributed by atoms with van der Waals surface area (Å²) in [4.78, 5) is 13.0. The highest BCUT2D eigenvalue weighted by Gasteiger charge is 2.42. The molecule has 124 valence electrons. The van der Waals surface area contributed by atoms with Gasteiger partial charge in [0.2, 0.25) is 10.0 Å². The molecule has 8 nitrogen and oxygen atoms in total. The molecular formula is C11H16N2O6S3. The van der Waals surface area contributed by atoms with E-state index in [0.717, 1.165) is 0 Å². The fraction of sp³-hybridized carbons (Fsp3) is 0.545. The Balaban J connectivity index is 2.65. The van der Waals surface area contributed by atoms with E-state index in [0.29, 0.717) is 11.3 Å². The lowest BCUT2D eigenvalue weighted by atomic mass is 10.0. The summed E-state index contributed by atoms with van der Waals surface area (Å²) in [6.45, 7) is 1.52. The van der Waals surface area contributed by atoms with Crippen molar-refractivity contribution in [1.29, 1.82) is 0 Å². The largest absolute Gasteiger partial charge is 0.453 e. The number of hydrogen-bond donors (Lipinski definition) is 1. The summed E-state index contributed by atoms with van der Waals surface area (Å²) in [5.41, 5.74) is 0.264. The van der Waals surface area contributed by atoms with E-state index in [1.165, 1.54) is 32.0 Å². The second-order valence-corrected chi connectivity index (χ2v) is 10.4. The zero-order valence-corrected chi connectivity index (χ0v) is 14.6. The number of carbonyl (C=O) groups is 1. The molecular weight excluding hydrogens is 352 g/mol. The summed E-state index contributed by atoms with van der Waals surface area (Å²) >= 11 is 0.614. The maximum atomic E-state index is 12.4. The number of carbonyl (C=O) groups excluding carboxylic acids is 1. The molecule has 1 aromatic heterocycles. The first-order chi connectivity index (χ1) is 10.00. The Hall–Kier alpha value is -1.17. The highest BCUT2D eigenvalue weighted by atomic mass is 32.3. The summed E-state index contributed by atoms with van der Waals surface area (Å²) in [5.74, 6) is 0. The molecule has 2 atom stereocenters. The summed E-state index contributed by atoms with van der Waals surface area (Å²) in [7, 11) is -4.97. The minimum Gasteiger partial charge on any atom is -0.453 e. The summed E-state index contributed by atoms with van der Waals surface area (Å²) in [6, 6.07) is 0.635. The van der Waals surface area contributed by atoms with Gasteiger partial charge in [-0.05, 0) is 19.4 Å². The van der Waals surface area contributed by atoms with Gasteiger partial charge in [-0.1, -0.05) is 0 Å². The molecule has 2 N–H and O–H groups in total. The van der Waals surface area contributed by atoms with Crippen molar-refractivity contribution in [2.75, 3.05) is 14.2 Å². The molecule has 0 bridgehead atoms. The molecule has 22 heavy (non-hydrogen) atoms. The van der Waals surface area contributed by atoms with Gasteiger partial charge in [0.1, 0.15) is 8.42 Å². The number of fused-ring (bicyclic) bond motifs is 1. The molecule has 2 heterocycles. The quantitative estimate of drug-likeness (QED) is 0.819. The number of hydrogen-bond acceptors (Lipinski definition) is 7. The van der Waals surface area contributed by atoms with Gasteiger partial charge in [0.25, 0.3) is 0 Å². The van der Waals surface area contributed by atoms with Crippen LogP contribution < -0.4 is 5.14 Å². The van der Waals surface area contributed by atoms with Crippen LogP contribution in [0.25, 0.3) is 0 Å². The number of primary sulfonamides is 1. The molecule has 2 rings (SSSR count). The Labute approximate surface area is 132 Å². The number of methoxy groups -OCH3 is 1. The van der Waals surface area contributed by atoms with Crippen LogP contribution in [0.3, 0.4) is 0 Å². The average Bonchev–Trinajstić information content (AvgIpc) is 2.87. The minimum atomic E-state index is -4.02. The molecule has 0 saturated heterocycles. The lowest BCUT2D eigenvalue weighted by Crippen LogP contribution is -2.37. The third-order valence-electron chi connectivity index (χ3n) is 3.62. The number of rotatable bonds is 2. The van der Waals surface area contributed by atoms with Crippen LogP contribution in [0, 0.1) is 0 Å². The molecule has 0 fully saturated rings. The predicted molar refractivity (Wildman–Crippen MR) is 79.9 cm³/mol. The zero-order valence-electron chi connectivity index (χ0n) is 12.1. The van der Waals surface area contributed by atoms with Crippen LogP contribution >= 0.6 is 11.3 Å². The van der Waals surface area contributed by atoms with Gasteiger partial charge < -0.3 is 9.64 Å². The fourth-order valence-corrected chi connectivity index (χ4v) is 6.75. The second kappa shape index (κ2) is 5.48. The zero-order chi connectivity index (χ0) is 16.9. The van der Waals surface area contributed by atoms with E-state index in [9.17, 15) is 21.6 Å². The van der Waals surface area contributed by atoms with E-state index < -0.39 is 37.2 Å². The average molecular weight is 368 g/mol. The Bertz CT molecular complexity index is 811. The van der Waals surface area contributed by atoms with Gasteiger partial charge in [-0.15, -0.1) is 11.3 Å². The Kier molecular flexibility index (Phi) is 4.28. The smallest absolute Gasteiger partial charge is 0.409 e. The standard InChI is InChI=1S/C11H16N2O6S3/c1-6-4-8(13(2)11(14)19-3)7-5-9(22(12,17)18)20-10(7)21(6,15)16/h5-6,8H,4H2,1-3H3,(H2,12,17,18)/t6-,8-/m0/s1. The highest BCUT2D eigenvalue weighted by Crippen LogP contribution is 2.44. The van der Waals surface area contributed by atoms with Gasteiger partial charge in [0.15, 0.2) is 9.84 Å². The van der Waals surface area contributed by atoms with Crippen molar-refractivity contribution < 1.29 is 26.4 Å². The molecule has 1 aliphatic heterocycles. The molecule has 0 radical (unpaired) electrons. The number of sulfonamides is 1. The number of thiophene rings is 1. The monoisotopic (exact) mass is 368 g/mol. The molecule has 1 amide bonds. The van der Waals surface area contributed by atoms with E-state index in [1.807, 2.05) is 0 Å². The Morgan fingerprint density at radius 3 is 2.59 bits per heavy atom. The van der Waals surface area contributed by atoms with Gasteiger partial charge in [0, 0.05) is 12.6 Å². The van der Waals surface area contributed by atoms with E-state index >= 15 is 0 Å². The molecule has 0 saturated carbocycles. The van der Waals surface area contributed by atoms with Crippen LogP contribution in [0.2, 0.25) is 0 Å². The Morgan fingerprint density at radius 1 is 1.50 bits per heavy atom. The topological polar surface area (TPSA) is 124 Å². The van der Waals surface area contributed by atoms with E-state index in [1.54, 1.807) is 0 Å². The van der Waals surface area contributed by atoms with Gasteiger partial charge in [0.05, 0.1) is 18.4 Å².